The van der Waals surface area contributed by atoms with Crippen molar-refractivity contribution in [3.8, 4) is 11.3 Å². The average molecular weight is 292 g/mol. The molecule has 0 radical (unpaired) electrons. The maximum Gasteiger partial charge on any atom is 0.123 e. The second-order valence-electron chi connectivity index (χ2n) is 4.31. The Morgan fingerprint density at radius 2 is 2.18 bits per heavy atom. The Balaban J connectivity index is 1.92. The minimum Gasteiger partial charge on any atom is -0.341 e. The summed E-state index contributed by atoms with van der Waals surface area (Å²) in [6.45, 7) is 1.09. The van der Waals surface area contributed by atoms with Crippen molar-refractivity contribution in [1.29, 1.82) is 0 Å². The van der Waals surface area contributed by atoms with Gasteiger partial charge in [-0.25, -0.2) is 4.98 Å². The second-order valence-corrected chi connectivity index (χ2v) is 5.17. The van der Waals surface area contributed by atoms with E-state index in [4.69, 9.17) is 0 Å². The number of aromatic nitrogens is 2. The molecular weight excluding hydrogens is 278 g/mol. The number of hydrogen-bond acceptors (Lipinski definition) is 2. The molecule has 0 bridgehead atoms. The Morgan fingerprint density at radius 3 is 2.94 bits per heavy atom. The van der Waals surface area contributed by atoms with Gasteiger partial charge >= 0.3 is 0 Å². The molecule has 1 unspecified atom stereocenters. The Bertz CT molecular complexity index is 515. The smallest absolute Gasteiger partial charge is 0.123 e. The van der Waals surface area contributed by atoms with E-state index in [1.54, 1.807) is 0 Å². The second kappa shape index (κ2) is 4.63. The first-order valence-corrected chi connectivity index (χ1v) is 6.67. The van der Waals surface area contributed by atoms with Crippen LogP contribution >= 0.6 is 15.9 Å². The van der Waals surface area contributed by atoms with E-state index in [1.807, 2.05) is 24.4 Å². The summed E-state index contributed by atoms with van der Waals surface area (Å²) in [6.07, 6.45) is 4.31. The van der Waals surface area contributed by atoms with Gasteiger partial charge in [-0.3, -0.25) is 0 Å². The standard InChI is InChI=1S/C13H14BrN3/c14-10-5-2-1-4-9(10)12-8-16-13(17-12)11-6-3-7-15-11/h1-2,4-5,8,11,15H,3,6-7H2,(H,16,17). The molecule has 17 heavy (non-hydrogen) atoms. The van der Waals surface area contributed by atoms with Gasteiger partial charge < -0.3 is 10.3 Å². The molecule has 0 aliphatic carbocycles. The van der Waals surface area contributed by atoms with Crippen molar-refractivity contribution in [3.05, 3.63) is 40.8 Å². The Hall–Kier alpha value is -1.13. The summed E-state index contributed by atoms with van der Waals surface area (Å²) in [4.78, 5) is 7.89. The highest BCUT2D eigenvalue weighted by Gasteiger charge is 2.19. The van der Waals surface area contributed by atoms with Gasteiger partial charge in [-0.15, -0.1) is 0 Å². The molecule has 4 heteroatoms. The van der Waals surface area contributed by atoms with Crippen molar-refractivity contribution in [2.75, 3.05) is 6.54 Å². The van der Waals surface area contributed by atoms with Crippen LogP contribution in [0.15, 0.2) is 34.9 Å². The van der Waals surface area contributed by atoms with Gasteiger partial charge in [0.25, 0.3) is 0 Å². The van der Waals surface area contributed by atoms with Gasteiger partial charge in [0, 0.05) is 10.0 Å². The van der Waals surface area contributed by atoms with E-state index in [0.29, 0.717) is 6.04 Å². The predicted molar refractivity (Wildman–Crippen MR) is 71.7 cm³/mol. The number of hydrogen-bond donors (Lipinski definition) is 2. The molecule has 88 valence electrons. The molecular formula is C13H14BrN3. The summed E-state index contributed by atoms with van der Waals surface area (Å²) >= 11 is 3.56. The number of nitrogens with one attached hydrogen (secondary N) is 2. The van der Waals surface area contributed by atoms with Crippen LogP contribution in [0.25, 0.3) is 11.3 Å². The third-order valence-corrected chi connectivity index (χ3v) is 3.84. The third kappa shape index (κ3) is 2.15. The van der Waals surface area contributed by atoms with Crippen molar-refractivity contribution >= 4 is 15.9 Å². The minimum atomic E-state index is 0.395. The third-order valence-electron chi connectivity index (χ3n) is 3.15. The Labute approximate surface area is 109 Å². The van der Waals surface area contributed by atoms with Crippen molar-refractivity contribution in [2.45, 2.75) is 18.9 Å². The molecule has 1 aliphatic rings. The number of imidazole rings is 1. The van der Waals surface area contributed by atoms with Crippen molar-refractivity contribution in [2.24, 2.45) is 0 Å². The largest absolute Gasteiger partial charge is 0.341 e. The summed E-state index contributed by atoms with van der Waals surface area (Å²) in [5.41, 5.74) is 2.23. The lowest BCUT2D eigenvalue weighted by molar-refractivity contribution is 0.613. The van der Waals surface area contributed by atoms with E-state index >= 15 is 0 Å². The van der Waals surface area contributed by atoms with Crippen molar-refractivity contribution in [1.82, 2.24) is 15.3 Å². The van der Waals surface area contributed by atoms with E-state index in [1.165, 1.54) is 12.8 Å². The fourth-order valence-electron chi connectivity index (χ4n) is 2.25. The summed E-state index contributed by atoms with van der Waals surface area (Å²) in [7, 11) is 0. The highest BCUT2D eigenvalue weighted by Crippen LogP contribution is 2.28. The minimum absolute atomic E-state index is 0.395. The van der Waals surface area contributed by atoms with Crippen LogP contribution in [0, 0.1) is 0 Å². The maximum absolute atomic E-state index is 4.48. The van der Waals surface area contributed by atoms with Crippen molar-refractivity contribution < 1.29 is 0 Å². The van der Waals surface area contributed by atoms with Crippen molar-refractivity contribution in [3.63, 3.8) is 0 Å². The maximum atomic E-state index is 4.48. The van der Waals surface area contributed by atoms with E-state index < -0.39 is 0 Å². The summed E-state index contributed by atoms with van der Waals surface area (Å²) < 4.78 is 1.09. The SMILES string of the molecule is Brc1ccccc1-c1cnc(C2CCCN2)[nH]1. The first kappa shape index (κ1) is 11.0. The predicted octanol–water partition coefficient (Wildman–Crippen LogP) is 3.26. The average Bonchev–Trinajstić information content (AvgIpc) is 3.00. The van der Waals surface area contributed by atoms with Crippen LogP contribution in [0.1, 0.15) is 24.7 Å². The number of halogens is 1. The fraction of sp³-hybridized carbons (Fsp3) is 0.308. The van der Waals surface area contributed by atoms with Gasteiger partial charge in [0.2, 0.25) is 0 Å². The molecule has 1 fully saturated rings. The first-order chi connectivity index (χ1) is 8.34. The van der Waals surface area contributed by atoms with E-state index in [9.17, 15) is 0 Å². The zero-order valence-electron chi connectivity index (χ0n) is 9.41. The molecule has 1 aliphatic heterocycles. The molecule has 0 saturated carbocycles. The summed E-state index contributed by atoms with van der Waals surface area (Å²) in [5.74, 6) is 1.05. The van der Waals surface area contributed by atoms with Crippen LogP contribution in [0.3, 0.4) is 0 Å². The number of H-pyrrole nitrogens is 1. The molecule has 3 rings (SSSR count). The zero-order chi connectivity index (χ0) is 11.7. The lowest BCUT2D eigenvalue weighted by Crippen LogP contribution is -2.14. The summed E-state index contributed by atoms with van der Waals surface area (Å²) in [5, 5.41) is 3.45. The van der Waals surface area contributed by atoms with E-state index in [0.717, 1.165) is 28.1 Å². The molecule has 2 heterocycles. The number of benzene rings is 1. The molecule has 1 aromatic heterocycles. The van der Waals surface area contributed by atoms with Crippen LogP contribution in [0.2, 0.25) is 0 Å². The fourth-order valence-corrected chi connectivity index (χ4v) is 2.75. The normalized spacial score (nSPS) is 19.7. The zero-order valence-corrected chi connectivity index (χ0v) is 11.0. The van der Waals surface area contributed by atoms with Crippen LogP contribution in [-0.4, -0.2) is 16.5 Å². The van der Waals surface area contributed by atoms with Crippen LogP contribution in [0.4, 0.5) is 0 Å². The lowest BCUT2D eigenvalue weighted by Gasteiger charge is -2.05. The number of nitrogens with zero attached hydrogens (tertiary/aromatic N) is 1. The lowest BCUT2D eigenvalue weighted by atomic mass is 10.2. The van der Waals surface area contributed by atoms with E-state index in [2.05, 4.69) is 37.3 Å². The highest BCUT2D eigenvalue weighted by molar-refractivity contribution is 9.10. The van der Waals surface area contributed by atoms with Crippen LogP contribution in [0.5, 0.6) is 0 Å². The quantitative estimate of drug-likeness (QED) is 0.892. The highest BCUT2D eigenvalue weighted by atomic mass is 79.9. The monoisotopic (exact) mass is 291 g/mol. The molecule has 0 spiro atoms. The van der Waals surface area contributed by atoms with Gasteiger partial charge in [-0.2, -0.15) is 0 Å². The molecule has 1 saturated heterocycles. The first-order valence-electron chi connectivity index (χ1n) is 5.88. The Morgan fingerprint density at radius 1 is 1.29 bits per heavy atom. The van der Waals surface area contributed by atoms with Crippen LogP contribution in [-0.2, 0) is 0 Å². The van der Waals surface area contributed by atoms with Gasteiger partial charge in [-0.05, 0) is 25.5 Å². The van der Waals surface area contributed by atoms with Gasteiger partial charge in [0.05, 0.1) is 17.9 Å². The van der Waals surface area contributed by atoms with E-state index in [-0.39, 0.29) is 0 Å². The number of aromatic amines is 1. The van der Waals surface area contributed by atoms with Crippen LogP contribution < -0.4 is 5.32 Å². The molecule has 1 atom stereocenters. The molecule has 1 aromatic carbocycles. The topological polar surface area (TPSA) is 40.7 Å². The Kier molecular flexibility index (Phi) is 2.99. The molecule has 3 nitrogen and oxygen atoms in total. The summed E-state index contributed by atoms with van der Waals surface area (Å²) in [6, 6.07) is 8.58. The molecule has 0 amide bonds. The van der Waals surface area contributed by atoms with Gasteiger partial charge in [0.15, 0.2) is 0 Å². The molecule has 2 aromatic rings. The van der Waals surface area contributed by atoms with Gasteiger partial charge in [-0.1, -0.05) is 34.1 Å². The molecule has 2 N–H and O–H groups in total. The van der Waals surface area contributed by atoms with Gasteiger partial charge in [0.1, 0.15) is 5.82 Å². The number of rotatable bonds is 2.